The van der Waals surface area contributed by atoms with Crippen molar-refractivity contribution in [2.24, 2.45) is 50.2 Å². The second-order valence-electron chi connectivity index (χ2n) is 16.0. The number of hydrogen-bond acceptors (Lipinski definition) is 4. The van der Waals surface area contributed by atoms with Crippen LogP contribution in [0.25, 0.3) is 0 Å². The summed E-state index contributed by atoms with van der Waals surface area (Å²) in [5.41, 5.74) is 0.500. The SMILES string of the molecule is CCNC(=O)[C@]12CCC(C)(C)CC1C1C3OC3C=C3[C@@]4(C)C=C(C#N)C(=O)C(C)(C)C4CC[C@@]3(C)[C@]1(C)CC2. The summed E-state index contributed by atoms with van der Waals surface area (Å²) in [7, 11) is 0. The summed E-state index contributed by atoms with van der Waals surface area (Å²) in [5.74, 6) is 0.986. The van der Waals surface area contributed by atoms with E-state index >= 15 is 0 Å². The van der Waals surface area contributed by atoms with Crippen LogP contribution in [0.15, 0.2) is 23.3 Å². The van der Waals surface area contributed by atoms with Crippen molar-refractivity contribution in [3.8, 4) is 6.07 Å². The number of hydrogen-bond donors (Lipinski definition) is 1. The minimum atomic E-state index is -0.583. The number of nitrogens with zero attached hydrogens (tertiary/aromatic N) is 1. The van der Waals surface area contributed by atoms with E-state index in [2.05, 4.69) is 65.9 Å². The van der Waals surface area contributed by atoms with Crippen LogP contribution in [0, 0.1) is 61.6 Å². The molecule has 5 unspecified atom stereocenters. The van der Waals surface area contributed by atoms with E-state index in [1.807, 2.05) is 13.0 Å². The highest BCUT2D eigenvalue weighted by molar-refractivity contribution is 6.04. The van der Waals surface area contributed by atoms with Gasteiger partial charge in [0, 0.05) is 17.4 Å². The van der Waals surface area contributed by atoms with Crippen LogP contribution in [0.2, 0.25) is 0 Å². The number of Topliss-reactive ketones (excluding diaryl/α,β-unsaturated/α-hetero) is 1. The first kappa shape index (κ1) is 27.3. The van der Waals surface area contributed by atoms with Gasteiger partial charge in [-0.3, -0.25) is 9.59 Å². The van der Waals surface area contributed by atoms with E-state index in [1.165, 1.54) is 5.57 Å². The molecule has 212 valence electrons. The Labute approximate surface area is 235 Å². The quantitative estimate of drug-likeness (QED) is 0.323. The minimum Gasteiger partial charge on any atom is -0.365 e. The van der Waals surface area contributed by atoms with E-state index in [1.54, 1.807) is 0 Å². The number of fused-ring (bicyclic) bond motifs is 9. The second-order valence-corrected chi connectivity index (χ2v) is 16.0. The molecule has 1 saturated heterocycles. The molecular formula is C34H48N2O3. The predicted octanol–water partition coefficient (Wildman–Crippen LogP) is 6.54. The van der Waals surface area contributed by atoms with Gasteiger partial charge in [0.1, 0.15) is 12.2 Å². The maximum atomic E-state index is 13.9. The van der Waals surface area contributed by atoms with Crippen LogP contribution in [-0.4, -0.2) is 30.4 Å². The highest BCUT2D eigenvalue weighted by Gasteiger charge is 2.73. The Morgan fingerprint density at radius 1 is 1.08 bits per heavy atom. The second kappa shape index (κ2) is 8.09. The Morgan fingerprint density at radius 2 is 1.77 bits per heavy atom. The van der Waals surface area contributed by atoms with Gasteiger partial charge in [0.15, 0.2) is 5.78 Å². The number of rotatable bonds is 2. The highest BCUT2D eigenvalue weighted by atomic mass is 16.6. The molecule has 0 radical (unpaired) electrons. The van der Waals surface area contributed by atoms with Crippen LogP contribution in [0.5, 0.6) is 0 Å². The van der Waals surface area contributed by atoms with Crippen molar-refractivity contribution in [1.82, 2.24) is 5.32 Å². The Hall–Kier alpha value is -1.93. The van der Waals surface area contributed by atoms with Gasteiger partial charge < -0.3 is 10.1 Å². The van der Waals surface area contributed by atoms with Crippen LogP contribution in [0.4, 0.5) is 0 Å². The summed E-state index contributed by atoms with van der Waals surface area (Å²) in [6.07, 6.45) is 11.7. The number of ketones is 1. The molecule has 5 aliphatic carbocycles. The van der Waals surface area contributed by atoms with E-state index in [0.29, 0.717) is 18.0 Å². The highest BCUT2D eigenvalue weighted by Crippen LogP contribution is 2.75. The average Bonchev–Trinajstić information content (AvgIpc) is 3.62. The fourth-order valence-corrected chi connectivity index (χ4v) is 11.1. The molecule has 1 amide bonds. The molecule has 3 saturated carbocycles. The molecule has 1 aliphatic heterocycles. The monoisotopic (exact) mass is 532 g/mol. The molecule has 9 atom stereocenters. The van der Waals surface area contributed by atoms with Crippen molar-refractivity contribution in [2.75, 3.05) is 6.54 Å². The molecule has 0 spiro atoms. The summed E-state index contributed by atoms with van der Waals surface area (Å²) >= 11 is 0. The Morgan fingerprint density at radius 3 is 2.44 bits per heavy atom. The number of carbonyl (C=O) groups excluding carboxylic acids is 2. The smallest absolute Gasteiger partial charge is 0.226 e. The topological polar surface area (TPSA) is 82.5 Å². The molecule has 0 aromatic carbocycles. The lowest BCUT2D eigenvalue weighted by Gasteiger charge is -2.67. The minimum absolute atomic E-state index is 0.0104. The van der Waals surface area contributed by atoms with Crippen molar-refractivity contribution in [3.05, 3.63) is 23.3 Å². The van der Waals surface area contributed by atoms with Gasteiger partial charge in [-0.25, -0.2) is 0 Å². The van der Waals surface area contributed by atoms with Crippen LogP contribution in [0.1, 0.15) is 100 Å². The number of epoxide rings is 1. The van der Waals surface area contributed by atoms with E-state index in [0.717, 1.165) is 44.9 Å². The van der Waals surface area contributed by atoms with Crippen molar-refractivity contribution < 1.29 is 14.3 Å². The van der Waals surface area contributed by atoms with Crippen molar-refractivity contribution in [2.45, 2.75) is 113 Å². The fourth-order valence-electron chi connectivity index (χ4n) is 11.1. The molecular weight excluding hydrogens is 484 g/mol. The maximum absolute atomic E-state index is 13.9. The summed E-state index contributed by atoms with van der Waals surface area (Å²) in [5, 5.41) is 13.2. The normalized spacial score (nSPS) is 48.8. The maximum Gasteiger partial charge on any atom is 0.226 e. The number of nitrogens with one attached hydrogen (secondary N) is 1. The van der Waals surface area contributed by atoms with E-state index in [4.69, 9.17) is 4.74 Å². The fraction of sp³-hybridized carbons (Fsp3) is 0.794. The van der Waals surface area contributed by atoms with Gasteiger partial charge in [0.05, 0.1) is 17.1 Å². The van der Waals surface area contributed by atoms with Gasteiger partial charge in [0.25, 0.3) is 0 Å². The van der Waals surface area contributed by atoms with Gasteiger partial charge >= 0.3 is 0 Å². The van der Waals surface area contributed by atoms with Crippen LogP contribution in [-0.2, 0) is 14.3 Å². The number of carbonyl (C=O) groups is 2. The number of nitriles is 1. The van der Waals surface area contributed by atoms with E-state index in [-0.39, 0.29) is 62.8 Å². The Kier molecular flexibility index (Phi) is 5.65. The van der Waals surface area contributed by atoms with Crippen LogP contribution < -0.4 is 5.32 Å². The zero-order chi connectivity index (χ0) is 28.4. The van der Waals surface area contributed by atoms with E-state index < -0.39 is 5.41 Å². The van der Waals surface area contributed by atoms with Crippen LogP contribution >= 0.6 is 0 Å². The number of ether oxygens (including phenoxy) is 1. The van der Waals surface area contributed by atoms with Crippen LogP contribution in [0.3, 0.4) is 0 Å². The zero-order valence-corrected chi connectivity index (χ0v) is 25.4. The molecule has 0 aromatic rings. The average molecular weight is 533 g/mol. The first-order valence-corrected chi connectivity index (χ1v) is 15.5. The Bertz CT molecular complexity index is 1240. The molecule has 0 aromatic heterocycles. The Balaban J connectivity index is 1.51. The summed E-state index contributed by atoms with van der Waals surface area (Å²) in [6.45, 7) is 18.9. The molecule has 4 fully saturated rings. The van der Waals surface area contributed by atoms with E-state index in [9.17, 15) is 14.9 Å². The lowest BCUT2D eigenvalue weighted by molar-refractivity contribution is -0.174. The third-order valence-electron chi connectivity index (χ3n) is 13.4. The molecule has 5 heteroatoms. The molecule has 1 heterocycles. The van der Waals surface area contributed by atoms with Gasteiger partial charge in [-0.05, 0) is 85.9 Å². The molecule has 1 N–H and O–H groups in total. The lowest BCUT2D eigenvalue weighted by Crippen LogP contribution is -2.64. The van der Waals surface area contributed by atoms with Gasteiger partial charge in [-0.2, -0.15) is 5.26 Å². The van der Waals surface area contributed by atoms with Gasteiger partial charge in [-0.15, -0.1) is 0 Å². The van der Waals surface area contributed by atoms with Crippen molar-refractivity contribution >= 4 is 11.7 Å². The largest absolute Gasteiger partial charge is 0.365 e. The van der Waals surface area contributed by atoms with Gasteiger partial charge in [-0.1, -0.05) is 66.2 Å². The lowest BCUT2D eigenvalue weighted by atomic mass is 9.36. The standard InChI is InChI=1S/C34H48N2O3/c1-9-36-28(38)34-14-12-29(2,3)18-21(34)25-26-22(39-26)16-24-31(6)17-20(19-35)27(37)30(4,5)23(31)10-11-32(24,7)33(25,8)13-15-34/h16-17,21-23,25-26H,9-15,18H2,1-8H3,(H,36,38)/t21?,22?,23?,25?,26?,31-,32+,33+,34-/m0/s1. The van der Waals surface area contributed by atoms with Crippen molar-refractivity contribution in [1.29, 1.82) is 5.26 Å². The molecule has 39 heavy (non-hydrogen) atoms. The molecule has 6 aliphatic rings. The zero-order valence-electron chi connectivity index (χ0n) is 25.4. The summed E-state index contributed by atoms with van der Waals surface area (Å²) in [6, 6.07) is 2.26. The first-order valence-electron chi connectivity index (χ1n) is 15.5. The van der Waals surface area contributed by atoms with Crippen molar-refractivity contribution in [3.63, 3.8) is 0 Å². The number of allylic oxidation sites excluding steroid dienone is 3. The molecule has 0 bridgehead atoms. The molecule has 6 rings (SSSR count). The van der Waals surface area contributed by atoms with Gasteiger partial charge in [0.2, 0.25) is 5.91 Å². The number of amides is 1. The molecule has 5 nitrogen and oxygen atoms in total. The predicted molar refractivity (Wildman–Crippen MR) is 151 cm³/mol. The first-order chi connectivity index (χ1) is 18.1. The third-order valence-corrected chi connectivity index (χ3v) is 13.4. The third kappa shape index (κ3) is 3.33. The summed E-state index contributed by atoms with van der Waals surface area (Å²) < 4.78 is 6.58. The summed E-state index contributed by atoms with van der Waals surface area (Å²) in [4.78, 5) is 27.2.